The molecule has 1 heteroatoms. The largest absolute Gasteiger partial charge is 0.458 e. The molecule has 1 aromatic carbocycles. The average Bonchev–Trinajstić information content (AvgIpc) is 2.68. The first-order valence-corrected chi connectivity index (χ1v) is 5.51. The van der Waals surface area contributed by atoms with Crippen molar-refractivity contribution >= 4 is 0 Å². The maximum atomic E-state index is 5.74. The summed E-state index contributed by atoms with van der Waals surface area (Å²) in [7, 11) is 0. The number of para-hydroxylation sites is 1. The second-order valence-electron chi connectivity index (χ2n) is 3.78. The normalized spacial score (nSPS) is 14.7. The summed E-state index contributed by atoms with van der Waals surface area (Å²) in [6.45, 7) is 2.21. The molecule has 0 aromatic heterocycles. The minimum absolute atomic E-state index is 0.915. The lowest BCUT2D eigenvalue weighted by molar-refractivity contribution is 0.445. The Kier molecular flexibility index (Phi) is 3.23. The molecule has 15 heavy (non-hydrogen) atoms. The van der Waals surface area contributed by atoms with Crippen molar-refractivity contribution in [1.29, 1.82) is 0 Å². The summed E-state index contributed by atoms with van der Waals surface area (Å²) in [5.74, 6) is 1.90. The fourth-order valence-corrected chi connectivity index (χ4v) is 1.74. The summed E-state index contributed by atoms with van der Waals surface area (Å²) in [6, 6.07) is 9.93. The molecule has 1 aliphatic rings. The predicted octanol–water partition coefficient (Wildman–Crippen LogP) is 4.08. The van der Waals surface area contributed by atoms with E-state index >= 15 is 0 Å². The van der Waals surface area contributed by atoms with E-state index in [9.17, 15) is 0 Å². The third-order valence-electron chi connectivity index (χ3n) is 2.46. The molecule has 0 heterocycles. The molecular formula is C14H16O. The van der Waals surface area contributed by atoms with E-state index in [1.54, 1.807) is 0 Å². The quantitative estimate of drug-likeness (QED) is 0.711. The van der Waals surface area contributed by atoms with Gasteiger partial charge in [0.1, 0.15) is 11.5 Å². The minimum atomic E-state index is 0.915. The Morgan fingerprint density at radius 1 is 1.20 bits per heavy atom. The van der Waals surface area contributed by atoms with Crippen LogP contribution in [0.1, 0.15) is 26.2 Å². The Bertz CT molecular complexity index is 374. The first-order chi connectivity index (χ1) is 7.38. The molecule has 0 fully saturated rings. The lowest BCUT2D eigenvalue weighted by atomic mass is 10.1. The van der Waals surface area contributed by atoms with Crippen LogP contribution in [0.4, 0.5) is 0 Å². The van der Waals surface area contributed by atoms with Crippen molar-refractivity contribution < 1.29 is 4.74 Å². The van der Waals surface area contributed by atoms with Gasteiger partial charge in [-0.05, 0) is 37.1 Å². The van der Waals surface area contributed by atoms with Gasteiger partial charge in [-0.3, -0.25) is 0 Å². The van der Waals surface area contributed by atoms with Crippen molar-refractivity contribution in [3.05, 3.63) is 53.8 Å². The van der Waals surface area contributed by atoms with Gasteiger partial charge < -0.3 is 4.74 Å². The van der Waals surface area contributed by atoms with Crippen molar-refractivity contribution in [3.8, 4) is 5.75 Å². The third-order valence-corrected chi connectivity index (χ3v) is 2.46. The highest BCUT2D eigenvalue weighted by Crippen LogP contribution is 2.24. The molecule has 0 amide bonds. The number of hydrogen-bond acceptors (Lipinski definition) is 1. The van der Waals surface area contributed by atoms with E-state index in [1.807, 2.05) is 30.3 Å². The highest BCUT2D eigenvalue weighted by molar-refractivity contribution is 5.33. The lowest BCUT2D eigenvalue weighted by Crippen LogP contribution is -1.89. The molecule has 0 N–H and O–H groups in total. The van der Waals surface area contributed by atoms with Gasteiger partial charge in [-0.15, -0.1) is 0 Å². The summed E-state index contributed by atoms with van der Waals surface area (Å²) in [5.41, 5.74) is 1.48. The van der Waals surface area contributed by atoms with Crippen LogP contribution in [0.5, 0.6) is 5.75 Å². The molecule has 0 radical (unpaired) electrons. The van der Waals surface area contributed by atoms with Crippen molar-refractivity contribution in [2.75, 3.05) is 0 Å². The van der Waals surface area contributed by atoms with Crippen LogP contribution in [0.2, 0.25) is 0 Å². The van der Waals surface area contributed by atoms with Crippen LogP contribution in [0.3, 0.4) is 0 Å². The molecular weight excluding hydrogens is 184 g/mol. The Morgan fingerprint density at radius 2 is 2.00 bits per heavy atom. The van der Waals surface area contributed by atoms with E-state index in [0.29, 0.717) is 0 Å². The van der Waals surface area contributed by atoms with Crippen LogP contribution in [-0.4, -0.2) is 0 Å². The van der Waals surface area contributed by atoms with Gasteiger partial charge in [0.2, 0.25) is 0 Å². The molecule has 0 unspecified atom stereocenters. The summed E-state index contributed by atoms with van der Waals surface area (Å²) < 4.78 is 5.74. The van der Waals surface area contributed by atoms with Gasteiger partial charge in [0.25, 0.3) is 0 Å². The maximum Gasteiger partial charge on any atom is 0.127 e. The molecule has 0 spiro atoms. The van der Waals surface area contributed by atoms with E-state index in [4.69, 9.17) is 4.74 Å². The maximum absolute atomic E-state index is 5.74. The fraction of sp³-hybridized carbons (Fsp3) is 0.286. The van der Waals surface area contributed by atoms with Gasteiger partial charge in [0, 0.05) is 0 Å². The van der Waals surface area contributed by atoms with Crippen LogP contribution < -0.4 is 4.74 Å². The van der Waals surface area contributed by atoms with Crippen molar-refractivity contribution in [2.24, 2.45) is 0 Å². The van der Waals surface area contributed by atoms with Crippen LogP contribution in [0.15, 0.2) is 53.8 Å². The van der Waals surface area contributed by atoms with E-state index in [2.05, 4.69) is 19.1 Å². The first-order valence-electron chi connectivity index (χ1n) is 5.51. The summed E-state index contributed by atoms with van der Waals surface area (Å²) in [5, 5.41) is 0. The minimum Gasteiger partial charge on any atom is -0.458 e. The van der Waals surface area contributed by atoms with Gasteiger partial charge >= 0.3 is 0 Å². The smallest absolute Gasteiger partial charge is 0.127 e. The molecule has 0 atom stereocenters. The van der Waals surface area contributed by atoms with Gasteiger partial charge in [-0.2, -0.15) is 0 Å². The van der Waals surface area contributed by atoms with Crippen molar-refractivity contribution in [1.82, 2.24) is 0 Å². The van der Waals surface area contributed by atoms with Crippen molar-refractivity contribution in [2.45, 2.75) is 26.2 Å². The van der Waals surface area contributed by atoms with Gasteiger partial charge in [0.15, 0.2) is 0 Å². The zero-order valence-corrected chi connectivity index (χ0v) is 9.07. The molecule has 1 nitrogen and oxygen atoms in total. The molecule has 1 aromatic rings. The zero-order valence-electron chi connectivity index (χ0n) is 9.07. The van der Waals surface area contributed by atoms with Crippen LogP contribution in [-0.2, 0) is 0 Å². The molecule has 0 aliphatic heterocycles. The van der Waals surface area contributed by atoms with E-state index in [-0.39, 0.29) is 0 Å². The van der Waals surface area contributed by atoms with Gasteiger partial charge in [0.05, 0.1) is 0 Å². The van der Waals surface area contributed by atoms with E-state index in [1.165, 1.54) is 18.4 Å². The van der Waals surface area contributed by atoms with Gasteiger partial charge in [-0.1, -0.05) is 37.1 Å². The zero-order chi connectivity index (χ0) is 10.5. The standard InChI is InChI=1S/C14H16O/c1-2-6-12-9-10-14(11-12)15-13-7-4-3-5-8-13/h3-5,7-8,10-11H,2,6,9H2,1H3. The third kappa shape index (κ3) is 2.72. The van der Waals surface area contributed by atoms with Crippen LogP contribution in [0.25, 0.3) is 0 Å². The highest BCUT2D eigenvalue weighted by Gasteiger charge is 2.07. The Labute approximate surface area is 91.1 Å². The monoisotopic (exact) mass is 200 g/mol. The lowest BCUT2D eigenvalue weighted by Gasteiger charge is -2.03. The predicted molar refractivity (Wildman–Crippen MR) is 62.8 cm³/mol. The number of ether oxygens (including phenoxy) is 1. The second kappa shape index (κ2) is 4.83. The van der Waals surface area contributed by atoms with E-state index in [0.717, 1.165) is 17.9 Å². The highest BCUT2D eigenvalue weighted by atomic mass is 16.5. The Hall–Kier alpha value is -1.50. The number of allylic oxidation sites excluding steroid dienone is 3. The first kappa shape index (κ1) is 10.0. The summed E-state index contributed by atoms with van der Waals surface area (Å²) >= 11 is 0. The fourth-order valence-electron chi connectivity index (χ4n) is 1.74. The molecule has 0 bridgehead atoms. The summed E-state index contributed by atoms with van der Waals surface area (Å²) in [4.78, 5) is 0. The van der Waals surface area contributed by atoms with Crippen LogP contribution >= 0.6 is 0 Å². The van der Waals surface area contributed by atoms with Crippen molar-refractivity contribution in [3.63, 3.8) is 0 Å². The molecule has 0 saturated carbocycles. The molecule has 0 saturated heterocycles. The number of benzene rings is 1. The Morgan fingerprint density at radius 3 is 2.73 bits per heavy atom. The molecule has 78 valence electrons. The summed E-state index contributed by atoms with van der Waals surface area (Å²) in [6.07, 6.45) is 7.75. The second-order valence-corrected chi connectivity index (χ2v) is 3.78. The van der Waals surface area contributed by atoms with E-state index < -0.39 is 0 Å². The molecule has 2 rings (SSSR count). The van der Waals surface area contributed by atoms with Gasteiger partial charge in [-0.25, -0.2) is 0 Å². The number of hydrogen-bond donors (Lipinski definition) is 0. The topological polar surface area (TPSA) is 9.23 Å². The number of rotatable bonds is 4. The molecule has 1 aliphatic carbocycles. The average molecular weight is 200 g/mol. The van der Waals surface area contributed by atoms with Crippen LogP contribution in [0, 0.1) is 0 Å². The SMILES string of the molecule is CCCC1=CC(Oc2ccccc2)=CC1. The Balaban J connectivity index is 1.97.